The van der Waals surface area contributed by atoms with E-state index >= 15 is 0 Å². The number of aryl methyl sites for hydroxylation is 1. The van der Waals surface area contributed by atoms with E-state index in [4.69, 9.17) is 5.73 Å². The molecule has 0 amide bonds. The Morgan fingerprint density at radius 3 is 2.89 bits per heavy atom. The van der Waals surface area contributed by atoms with E-state index in [1.165, 1.54) is 10.6 Å². The van der Waals surface area contributed by atoms with E-state index in [1.54, 1.807) is 11.3 Å². The lowest BCUT2D eigenvalue weighted by Gasteiger charge is -2.29. The third-order valence-electron chi connectivity index (χ3n) is 3.44. The van der Waals surface area contributed by atoms with Gasteiger partial charge in [-0.15, -0.1) is 11.3 Å². The molecule has 1 atom stereocenters. The molecule has 2 rings (SSSR count). The molecule has 19 heavy (non-hydrogen) atoms. The van der Waals surface area contributed by atoms with Crippen LogP contribution in [0, 0.1) is 0 Å². The fraction of sp³-hybridized carbons (Fsp3) is 0.500. The molecule has 0 saturated heterocycles. The SMILES string of the molecule is CCN(Cc1cccs1)C(CN)c1cncn1CC. The molecule has 0 fully saturated rings. The van der Waals surface area contributed by atoms with Crippen LogP contribution in [0.4, 0.5) is 0 Å². The highest BCUT2D eigenvalue weighted by molar-refractivity contribution is 7.09. The number of thiophene rings is 1. The summed E-state index contributed by atoms with van der Waals surface area (Å²) in [6.45, 7) is 7.80. The topological polar surface area (TPSA) is 47.1 Å². The Morgan fingerprint density at radius 1 is 1.47 bits per heavy atom. The Bertz CT molecular complexity index is 477. The first-order valence-electron chi connectivity index (χ1n) is 6.76. The fourth-order valence-electron chi connectivity index (χ4n) is 2.37. The van der Waals surface area contributed by atoms with Gasteiger partial charge in [0, 0.05) is 30.7 Å². The van der Waals surface area contributed by atoms with Crippen molar-refractivity contribution in [3.05, 3.63) is 40.6 Å². The minimum atomic E-state index is 0.231. The van der Waals surface area contributed by atoms with Crippen molar-refractivity contribution >= 4 is 11.3 Å². The van der Waals surface area contributed by atoms with Gasteiger partial charge in [-0.3, -0.25) is 4.90 Å². The molecule has 2 N–H and O–H groups in total. The Balaban J connectivity index is 2.18. The van der Waals surface area contributed by atoms with Gasteiger partial charge in [-0.05, 0) is 24.9 Å². The van der Waals surface area contributed by atoms with Crippen LogP contribution in [0.15, 0.2) is 30.0 Å². The van der Waals surface area contributed by atoms with E-state index in [-0.39, 0.29) is 6.04 Å². The van der Waals surface area contributed by atoms with Crippen LogP contribution in [0.5, 0.6) is 0 Å². The minimum Gasteiger partial charge on any atom is -0.333 e. The molecule has 0 aliphatic heterocycles. The van der Waals surface area contributed by atoms with E-state index in [0.29, 0.717) is 6.54 Å². The standard InChI is InChI=1S/C14H22N4S/c1-3-17(10-12-6-5-7-19-12)13(8-15)14-9-16-11-18(14)4-2/h5-7,9,11,13H,3-4,8,10,15H2,1-2H3. The smallest absolute Gasteiger partial charge is 0.0948 e. The van der Waals surface area contributed by atoms with Gasteiger partial charge in [0.1, 0.15) is 0 Å². The van der Waals surface area contributed by atoms with Gasteiger partial charge in [-0.25, -0.2) is 4.98 Å². The van der Waals surface area contributed by atoms with Gasteiger partial charge in [0.2, 0.25) is 0 Å². The molecule has 0 radical (unpaired) electrons. The summed E-state index contributed by atoms with van der Waals surface area (Å²) >= 11 is 1.80. The van der Waals surface area contributed by atoms with Gasteiger partial charge in [0.15, 0.2) is 0 Å². The van der Waals surface area contributed by atoms with Gasteiger partial charge in [0.25, 0.3) is 0 Å². The van der Waals surface area contributed by atoms with Crippen LogP contribution in [0.1, 0.15) is 30.5 Å². The molecule has 0 bridgehead atoms. The second-order valence-electron chi connectivity index (χ2n) is 4.50. The first-order valence-corrected chi connectivity index (χ1v) is 7.64. The third-order valence-corrected chi connectivity index (χ3v) is 4.30. The first kappa shape index (κ1) is 14.2. The zero-order chi connectivity index (χ0) is 13.7. The van der Waals surface area contributed by atoms with Crippen molar-refractivity contribution in [3.63, 3.8) is 0 Å². The largest absolute Gasteiger partial charge is 0.333 e. The van der Waals surface area contributed by atoms with Crippen LogP contribution in [-0.2, 0) is 13.1 Å². The summed E-state index contributed by atoms with van der Waals surface area (Å²) in [6.07, 6.45) is 3.83. The Hall–Kier alpha value is -1.17. The fourth-order valence-corrected chi connectivity index (χ4v) is 3.10. The Kier molecular flexibility index (Phi) is 5.13. The zero-order valence-electron chi connectivity index (χ0n) is 11.6. The Morgan fingerprint density at radius 2 is 2.32 bits per heavy atom. The van der Waals surface area contributed by atoms with E-state index < -0.39 is 0 Å². The van der Waals surface area contributed by atoms with Crippen LogP contribution < -0.4 is 5.73 Å². The average Bonchev–Trinajstić information content (AvgIpc) is 3.09. The van der Waals surface area contributed by atoms with Crippen molar-refractivity contribution in [1.82, 2.24) is 14.5 Å². The molecule has 104 valence electrons. The van der Waals surface area contributed by atoms with Gasteiger partial charge in [-0.1, -0.05) is 13.0 Å². The highest BCUT2D eigenvalue weighted by Gasteiger charge is 2.21. The number of aromatic nitrogens is 2. The van der Waals surface area contributed by atoms with Crippen molar-refractivity contribution in [1.29, 1.82) is 0 Å². The normalized spacial score (nSPS) is 13.1. The summed E-state index contributed by atoms with van der Waals surface area (Å²) in [6, 6.07) is 4.51. The molecule has 2 heterocycles. The van der Waals surface area contributed by atoms with Crippen molar-refractivity contribution in [2.24, 2.45) is 5.73 Å². The lowest BCUT2D eigenvalue weighted by Crippen LogP contribution is -2.34. The second-order valence-corrected chi connectivity index (χ2v) is 5.53. The van der Waals surface area contributed by atoms with Crippen molar-refractivity contribution in [2.75, 3.05) is 13.1 Å². The highest BCUT2D eigenvalue weighted by Crippen LogP contribution is 2.23. The number of hydrogen-bond acceptors (Lipinski definition) is 4. The van der Waals surface area contributed by atoms with E-state index in [0.717, 1.165) is 19.6 Å². The summed E-state index contributed by atoms with van der Waals surface area (Å²) in [4.78, 5) is 8.05. The predicted octanol–water partition coefficient (Wildman–Crippen LogP) is 2.49. The summed E-state index contributed by atoms with van der Waals surface area (Å²) in [5.74, 6) is 0. The maximum Gasteiger partial charge on any atom is 0.0948 e. The number of imidazole rings is 1. The van der Waals surface area contributed by atoms with Gasteiger partial charge < -0.3 is 10.3 Å². The molecule has 0 spiro atoms. The summed E-state index contributed by atoms with van der Waals surface area (Å²) in [5.41, 5.74) is 7.23. The Labute approximate surface area is 118 Å². The number of hydrogen-bond donors (Lipinski definition) is 1. The third kappa shape index (κ3) is 3.23. The van der Waals surface area contributed by atoms with Gasteiger partial charge in [0.05, 0.1) is 18.1 Å². The van der Waals surface area contributed by atoms with Crippen LogP contribution in [0.2, 0.25) is 0 Å². The summed E-state index contributed by atoms with van der Waals surface area (Å²) in [5, 5.41) is 2.12. The van der Waals surface area contributed by atoms with Crippen molar-refractivity contribution in [2.45, 2.75) is 33.0 Å². The lowest BCUT2D eigenvalue weighted by molar-refractivity contribution is 0.197. The highest BCUT2D eigenvalue weighted by atomic mass is 32.1. The molecule has 0 aliphatic rings. The number of rotatable bonds is 7. The van der Waals surface area contributed by atoms with Gasteiger partial charge >= 0.3 is 0 Å². The van der Waals surface area contributed by atoms with Crippen LogP contribution >= 0.6 is 11.3 Å². The first-order chi connectivity index (χ1) is 9.30. The molecular weight excluding hydrogens is 256 g/mol. The molecule has 0 saturated carbocycles. The molecule has 0 aliphatic carbocycles. The van der Waals surface area contributed by atoms with E-state index in [9.17, 15) is 0 Å². The summed E-state index contributed by atoms with van der Waals surface area (Å²) < 4.78 is 2.18. The number of nitrogens with zero attached hydrogens (tertiary/aromatic N) is 3. The van der Waals surface area contributed by atoms with Crippen LogP contribution in [0.3, 0.4) is 0 Å². The maximum atomic E-state index is 6.01. The van der Waals surface area contributed by atoms with E-state index in [1.807, 2.05) is 12.5 Å². The van der Waals surface area contributed by atoms with Crippen molar-refractivity contribution in [3.8, 4) is 0 Å². The van der Waals surface area contributed by atoms with Crippen LogP contribution in [0.25, 0.3) is 0 Å². The van der Waals surface area contributed by atoms with Gasteiger partial charge in [-0.2, -0.15) is 0 Å². The molecule has 5 heteroatoms. The van der Waals surface area contributed by atoms with Crippen LogP contribution in [-0.4, -0.2) is 27.5 Å². The molecule has 2 aromatic heterocycles. The monoisotopic (exact) mass is 278 g/mol. The van der Waals surface area contributed by atoms with Crippen molar-refractivity contribution < 1.29 is 0 Å². The maximum absolute atomic E-state index is 6.01. The predicted molar refractivity (Wildman–Crippen MR) is 80.1 cm³/mol. The molecule has 2 aromatic rings. The lowest BCUT2D eigenvalue weighted by atomic mass is 10.1. The number of nitrogens with two attached hydrogens (primary N) is 1. The molecule has 4 nitrogen and oxygen atoms in total. The second kappa shape index (κ2) is 6.84. The quantitative estimate of drug-likeness (QED) is 0.846. The number of likely N-dealkylation sites (N-methyl/N-ethyl adjacent to an activating group) is 1. The summed E-state index contributed by atoms with van der Waals surface area (Å²) in [7, 11) is 0. The zero-order valence-corrected chi connectivity index (χ0v) is 12.4. The average molecular weight is 278 g/mol. The molecule has 0 aromatic carbocycles. The minimum absolute atomic E-state index is 0.231. The molecule has 1 unspecified atom stereocenters. The molecular formula is C14H22N4S. The van der Waals surface area contributed by atoms with E-state index in [2.05, 4.69) is 45.8 Å².